The summed E-state index contributed by atoms with van der Waals surface area (Å²) < 4.78 is 0. The number of hydrogen-bond acceptors (Lipinski definition) is 3. The van der Waals surface area contributed by atoms with Crippen LogP contribution in [0.15, 0.2) is 30.3 Å². The third-order valence-corrected chi connectivity index (χ3v) is 3.88. The molecule has 0 aliphatic heterocycles. The maximum atomic E-state index is 12.7. The summed E-state index contributed by atoms with van der Waals surface area (Å²) in [4.78, 5) is 19.1. The number of nitrogens with zero attached hydrogens (tertiary/aromatic N) is 2. The van der Waals surface area contributed by atoms with Crippen molar-refractivity contribution in [3.05, 3.63) is 35.9 Å². The van der Waals surface area contributed by atoms with Gasteiger partial charge in [-0.25, -0.2) is 4.98 Å². The van der Waals surface area contributed by atoms with E-state index in [1.807, 2.05) is 49.2 Å². The summed E-state index contributed by atoms with van der Waals surface area (Å²) in [6, 6.07) is 9.70. The van der Waals surface area contributed by atoms with Crippen LogP contribution in [0.1, 0.15) is 30.1 Å². The van der Waals surface area contributed by atoms with E-state index in [2.05, 4.69) is 10.3 Å². The van der Waals surface area contributed by atoms with Gasteiger partial charge in [-0.3, -0.25) is 4.79 Å². The van der Waals surface area contributed by atoms with Crippen molar-refractivity contribution in [1.29, 1.82) is 0 Å². The Hall–Kier alpha value is -2.10. The Morgan fingerprint density at radius 1 is 1.38 bits per heavy atom. The van der Waals surface area contributed by atoms with Gasteiger partial charge in [-0.05, 0) is 37.8 Å². The smallest absolute Gasteiger partial charge is 0.254 e. The lowest BCUT2D eigenvalue weighted by molar-refractivity contribution is 0.0790. The minimum Gasteiger partial charge on any atom is -0.370 e. The molecule has 0 bridgehead atoms. The van der Waals surface area contributed by atoms with Crippen molar-refractivity contribution in [1.82, 2.24) is 9.88 Å². The number of carbonyl (C=O) groups excluding carboxylic acids is 1. The topological polar surface area (TPSA) is 45.2 Å². The van der Waals surface area contributed by atoms with E-state index in [1.165, 1.54) is 12.8 Å². The number of rotatable bonds is 5. The lowest BCUT2D eigenvalue weighted by atomic mass is 10.1. The zero-order valence-corrected chi connectivity index (χ0v) is 12.6. The van der Waals surface area contributed by atoms with Crippen molar-refractivity contribution in [3.63, 3.8) is 0 Å². The molecule has 1 amide bonds. The maximum Gasteiger partial charge on any atom is 0.254 e. The Balaban J connectivity index is 1.99. The number of anilines is 1. The number of para-hydroxylation sites is 1. The number of carbonyl (C=O) groups is 1. The summed E-state index contributed by atoms with van der Waals surface area (Å²) >= 11 is 0. The van der Waals surface area contributed by atoms with E-state index in [-0.39, 0.29) is 5.91 Å². The Morgan fingerprint density at radius 2 is 2.14 bits per heavy atom. The zero-order valence-electron chi connectivity index (χ0n) is 12.6. The first-order chi connectivity index (χ1) is 10.2. The fourth-order valence-corrected chi connectivity index (χ4v) is 2.60. The quantitative estimate of drug-likeness (QED) is 0.917. The summed E-state index contributed by atoms with van der Waals surface area (Å²) in [6.45, 7) is 3.67. The number of fused-ring (bicyclic) bond motifs is 1. The molecule has 0 spiro atoms. The van der Waals surface area contributed by atoms with Gasteiger partial charge in [-0.15, -0.1) is 0 Å². The summed E-state index contributed by atoms with van der Waals surface area (Å²) in [5.74, 6) is 1.54. The minimum absolute atomic E-state index is 0.0830. The lowest BCUT2D eigenvalue weighted by Gasteiger charge is -2.18. The normalized spacial score (nSPS) is 14.2. The van der Waals surface area contributed by atoms with Crippen molar-refractivity contribution in [3.8, 4) is 0 Å². The van der Waals surface area contributed by atoms with Gasteiger partial charge < -0.3 is 10.2 Å². The highest BCUT2D eigenvalue weighted by molar-refractivity contribution is 6.06. The first kappa shape index (κ1) is 13.9. The van der Waals surface area contributed by atoms with Gasteiger partial charge in [-0.2, -0.15) is 0 Å². The van der Waals surface area contributed by atoms with Gasteiger partial charge >= 0.3 is 0 Å². The summed E-state index contributed by atoms with van der Waals surface area (Å²) in [7, 11) is 1.89. The fraction of sp³-hybridized carbons (Fsp3) is 0.412. The molecule has 21 heavy (non-hydrogen) atoms. The zero-order chi connectivity index (χ0) is 14.8. The van der Waals surface area contributed by atoms with E-state index in [0.29, 0.717) is 5.92 Å². The monoisotopic (exact) mass is 283 g/mol. The maximum absolute atomic E-state index is 12.7. The molecule has 0 radical (unpaired) electrons. The number of nitrogens with one attached hydrogen (secondary N) is 1. The summed E-state index contributed by atoms with van der Waals surface area (Å²) in [6.07, 6.45) is 2.49. The standard InChI is InChI=1S/C17H21N3O/c1-3-18-16-10-14(13-6-4-5-7-15(13)19-16)17(21)20(2)11-12-8-9-12/h4-7,10,12H,3,8-9,11H2,1-2H3,(H,18,19). The molecule has 110 valence electrons. The minimum atomic E-state index is 0.0830. The van der Waals surface area contributed by atoms with Gasteiger partial charge in [-0.1, -0.05) is 18.2 Å². The average Bonchev–Trinajstić information content (AvgIpc) is 3.30. The molecule has 1 N–H and O–H groups in total. The van der Waals surface area contributed by atoms with E-state index in [1.54, 1.807) is 0 Å². The molecule has 1 aliphatic carbocycles. The highest BCUT2D eigenvalue weighted by atomic mass is 16.2. The SMILES string of the molecule is CCNc1cc(C(=O)N(C)CC2CC2)c2ccccc2n1. The van der Waals surface area contributed by atoms with Gasteiger partial charge in [0, 0.05) is 25.5 Å². The van der Waals surface area contributed by atoms with E-state index in [0.717, 1.165) is 35.4 Å². The van der Waals surface area contributed by atoms with Gasteiger partial charge in [0.15, 0.2) is 0 Å². The molecule has 1 aliphatic rings. The first-order valence-electron chi connectivity index (χ1n) is 7.58. The van der Waals surface area contributed by atoms with Gasteiger partial charge in [0.05, 0.1) is 11.1 Å². The second-order valence-electron chi connectivity index (χ2n) is 5.73. The number of aromatic nitrogens is 1. The van der Waals surface area contributed by atoms with E-state index in [9.17, 15) is 4.79 Å². The number of amides is 1. The molecule has 1 aromatic carbocycles. The van der Waals surface area contributed by atoms with Crippen molar-refractivity contribution >= 4 is 22.6 Å². The van der Waals surface area contributed by atoms with E-state index in [4.69, 9.17) is 0 Å². The van der Waals surface area contributed by atoms with Crippen molar-refractivity contribution in [2.24, 2.45) is 5.92 Å². The average molecular weight is 283 g/mol. The first-order valence-corrected chi connectivity index (χ1v) is 7.58. The molecule has 1 saturated carbocycles. The van der Waals surface area contributed by atoms with Crippen LogP contribution >= 0.6 is 0 Å². The molecule has 3 rings (SSSR count). The van der Waals surface area contributed by atoms with Crippen LogP contribution in [0.25, 0.3) is 10.9 Å². The molecule has 0 atom stereocenters. The van der Waals surface area contributed by atoms with E-state index < -0.39 is 0 Å². The Bertz CT molecular complexity index is 664. The Kier molecular flexibility index (Phi) is 3.78. The van der Waals surface area contributed by atoms with Gasteiger partial charge in [0.2, 0.25) is 0 Å². The Labute approximate surface area is 125 Å². The summed E-state index contributed by atoms with van der Waals surface area (Å²) in [5.41, 5.74) is 1.60. The molecule has 1 aromatic heterocycles. The molecular weight excluding hydrogens is 262 g/mol. The second-order valence-corrected chi connectivity index (χ2v) is 5.73. The highest BCUT2D eigenvalue weighted by Gasteiger charge is 2.26. The third-order valence-electron chi connectivity index (χ3n) is 3.88. The van der Waals surface area contributed by atoms with Crippen LogP contribution in [0.4, 0.5) is 5.82 Å². The number of pyridine rings is 1. The van der Waals surface area contributed by atoms with Crippen molar-refractivity contribution < 1.29 is 4.79 Å². The molecule has 1 heterocycles. The van der Waals surface area contributed by atoms with Crippen LogP contribution in [-0.2, 0) is 0 Å². The fourth-order valence-electron chi connectivity index (χ4n) is 2.60. The molecule has 0 unspecified atom stereocenters. The van der Waals surface area contributed by atoms with Gasteiger partial charge in [0.25, 0.3) is 5.91 Å². The molecule has 1 fully saturated rings. The predicted molar refractivity (Wildman–Crippen MR) is 85.6 cm³/mol. The summed E-state index contributed by atoms with van der Waals surface area (Å²) in [5, 5.41) is 4.13. The van der Waals surface area contributed by atoms with Crippen LogP contribution < -0.4 is 5.32 Å². The van der Waals surface area contributed by atoms with Crippen LogP contribution in [0, 0.1) is 5.92 Å². The van der Waals surface area contributed by atoms with Gasteiger partial charge in [0.1, 0.15) is 5.82 Å². The molecule has 4 nitrogen and oxygen atoms in total. The molecular formula is C17H21N3O. The largest absolute Gasteiger partial charge is 0.370 e. The van der Waals surface area contributed by atoms with Crippen molar-refractivity contribution in [2.75, 3.05) is 25.5 Å². The Morgan fingerprint density at radius 3 is 2.86 bits per heavy atom. The number of hydrogen-bond donors (Lipinski definition) is 1. The highest BCUT2D eigenvalue weighted by Crippen LogP contribution is 2.30. The second kappa shape index (κ2) is 5.72. The van der Waals surface area contributed by atoms with E-state index >= 15 is 0 Å². The number of benzene rings is 1. The predicted octanol–water partition coefficient (Wildman–Crippen LogP) is 3.15. The van der Waals surface area contributed by atoms with Crippen LogP contribution in [0.3, 0.4) is 0 Å². The van der Waals surface area contributed by atoms with Crippen LogP contribution in [0.2, 0.25) is 0 Å². The van der Waals surface area contributed by atoms with Crippen molar-refractivity contribution in [2.45, 2.75) is 19.8 Å². The molecule has 0 saturated heterocycles. The van der Waals surface area contributed by atoms with Crippen LogP contribution in [0.5, 0.6) is 0 Å². The lowest BCUT2D eigenvalue weighted by Crippen LogP contribution is -2.29. The molecule has 2 aromatic rings. The third kappa shape index (κ3) is 2.99. The van der Waals surface area contributed by atoms with Crippen LogP contribution in [-0.4, -0.2) is 35.9 Å². The molecule has 4 heteroatoms.